The van der Waals surface area contributed by atoms with Crippen molar-refractivity contribution < 1.29 is 9.84 Å². The van der Waals surface area contributed by atoms with Gasteiger partial charge in [-0.1, -0.05) is 32.0 Å². The summed E-state index contributed by atoms with van der Waals surface area (Å²) in [5.74, 6) is 1.73. The Balaban J connectivity index is 2.33. The van der Waals surface area contributed by atoms with Crippen LogP contribution in [0.25, 0.3) is 0 Å². The Kier molecular flexibility index (Phi) is 4.17. The maximum absolute atomic E-state index is 9.21. The predicted octanol–water partition coefficient (Wildman–Crippen LogP) is 3.80. The number of aromatic nitrogens is 1. The molecule has 0 aliphatic rings. The van der Waals surface area contributed by atoms with Crippen LogP contribution in [0.15, 0.2) is 36.4 Å². The molecule has 100 valence electrons. The van der Waals surface area contributed by atoms with Crippen LogP contribution in [-0.2, 0) is 6.61 Å². The molecular formula is C16H19NO2. The Bertz CT molecular complexity index is 564. The molecule has 3 heteroatoms. The summed E-state index contributed by atoms with van der Waals surface area (Å²) in [6.45, 7) is 6.14. The largest absolute Gasteiger partial charge is 0.439 e. The molecule has 1 N–H and O–H groups in total. The Morgan fingerprint density at radius 1 is 1.21 bits per heavy atom. The molecule has 0 aliphatic carbocycles. The normalized spacial score (nSPS) is 10.8. The second kappa shape index (κ2) is 5.85. The molecule has 1 heterocycles. The van der Waals surface area contributed by atoms with Crippen molar-refractivity contribution >= 4 is 0 Å². The molecule has 0 atom stereocenters. The molecule has 3 nitrogen and oxygen atoms in total. The van der Waals surface area contributed by atoms with Crippen LogP contribution in [0.5, 0.6) is 11.6 Å². The topological polar surface area (TPSA) is 42.4 Å². The smallest absolute Gasteiger partial charge is 0.219 e. The first-order valence-electron chi connectivity index (χ1n) is 6.45. The zero-order chi connectivity index (χ0) is 13.8. The molecular weight excluding hydrogens is 238 g/mol. The Morgan fingerprint density at radius 3 is 2.63 bits per heavy atom. The Labute approximate surface area is 113 Å². The van der Waals surface area contributed by atoms with E-state index >= 15 is 0 Å². The van der Waals surface area contributed by atoms with Gasteiger partial charge in [-0.3, -0.25) is 0 Å². The Morgan fingerprint density at radius 2 is 1.95 bits per heavy atom. The third-order valence-corrected chi connectivity index (χ3v) is 2.93. The van der Waals surface area contributed by atoms with Gasteiger partial charge in [-0.15, -0.1) is 0 Å². The number of ether oxygens (including phenoxy) is 1. The van der Waals surface area contributed by atoms with Crippen LogP contribution in [0.3, 0.4) is 0 Å². The summed E-state index contributed by atoms with van der Waals surface area (Å²) < 4.78 is 5.87. The highest BCUT2D eigenvalue weighted by Crippen LogP contribution is 2.29. The third-order valence-electron chi connectivity index (χ3n) is 2.93. The van der Waals surface area contributed by atoms with Crippen molar-refractivity contribution in [3.63, 3.8) is 0 Å². The van der Waals surface area contributed by atoms with Crippen molar-refractivity contribution in [2.24, 2.45) is 0 Å². The van der Waals surface area contributed by atoms with Crippen molar-refractivity contribution in [2.45, 2.75) is 33.3 Å². The molecule has 1 aromatic carbocycles. The van der Waals surface area contributed by atoms with Gasteiger partial charge in [0.1, 0.15) is 5.75 Å². The average Bonchev–Trinajstić information content (AvgIpc) is 2.38. The van der Waals surface area contributed by atoms with Crippen molar-refractivity contribution in [3.05, 3.63) is 53.2 Å². The van der Waals surface area contributed by atoms with E-state index in [9.17, 15) is 5.11 Å². The molecule has 19 heavy (non-hydrogen) atoms. The van der Waals surface area contributed by atoms with Gasteiger partial charge in [0.05, 0.1) is 6.61 Å². The first kappa shape index (κ1) is 13.6. The molecule has 0 aliphatic heterocycles. The van der Waals surface area contributed by atoms with Gasteiger partial charge in [0.15, 0.2) is 0 Å². The third kappa shape index (κ3) is 3.32. The number of para-hydroxylation sites is 1. The standard InChI is InChI=1S/C16H19NO2/c1-11(2)14-6-4-5-7-15(14)19-16-9-13(10-18)8-12(3)17-16/h4-9,11,18H,10H2,1-3H3. The fourth-order valence-electron chi connectivity index (χ4n) is 2.01. The van der Waals surface area contributed by atoms with E-state index in [1.54, 1.807) is 6.07 Å². The van der Waals surface area contributed by atoms with Gasteiger partial charge in [-0.25, -0.2) is 4.98 Å². The Hall–Kier alpha value is -1.87. The lowest BCUT2D eigenvalue weighted by molar-refractivity contribution is 0.281. The number of benzene rings is 1. The summed E-state index contributed by atoms with van der Waals surface area (Å²) >= 11 is 0. The fraction of sp³-hybridized carbons (Fsp3) is 0.312. The molecule has 2 rings (SSSR count). The van der Waals surface area contributed by atoms with Crippen LogP contribution < -0.4 is 4.74 Å². The molecule has 0 saturated carbocycles. The number of pyridine rings is 1. The number of rotatable bonds is 4. The van der Waals surface area contributed by atoms with E-state index in [4.69, 9.17) is 4.74 Å². The minimum absolute atomic E-state index is 0.00839. The van der Waals surface area contributed by atoms with E-state index in [1.807, 2.05) is 31.2 Å². The van der Waals surface area contributed by atoms with Crippen LogP contribution >= 0.6 is 0 Å². The zero-order valence-corrected chi connectivity index (χ0v) is 11.6. The molecule has 2 aromatic rings. The maximum atomic E-state index is 9.21. The predicted molar refractivity (Wildman–Crippen MR) is 75.5 cm³/mol. The van der Waals surface area contributed by atoms with Crippen LogP contribution in [0.4, 0.5) is 0 Å². The van der Waals surface area contributed by atoms with Gasteiger partial charge >= 0.3 is 0 Å². The number of aryl methyl sites for hydroxylation is 1. The van der Waals surface area contributed by atoms with Gasteiger partial charge in [-0.05, 0) is 36.1 Å². The highest BCUT2D eigenvalue weighted by atomic mass is 16.5. The van der Waals surface area contributed by atoms with Crippen molar-refractivity contribution in [1.29, 1.82) is 0 Å². The summed E-state index contributed by atoms with van der Waals surface area (Å²) in [6.07, 6.45) is 0. The number of aliphatic hydroxyl groups is 1. The van der Waals surface area contributed by atoms with E-state index in [0.717, 1.165) is 22.6 Å². The monoisotopic (exact) mass is 257 g/mol. The molecule has 0 fully saturated rings. The molecule has 1 aromatic heterocycles. The molecule has 0 saturated heterocycles. The summed E-state index contributed by atoms with van der Waals surface area (Å²) in [4.78, 5) is 4.34. The van der Waals surface area contributed by atoms with Crippen molar-refractivity contribution in [2.75, 3.05) is 0 Å². The lowest BCUT2D eigenvalue weighted by Gasteiger charge is -2.13. The van der Waals surface area contributed by atoms with Gasteiger partial charge in [0.25, 0.3) is 0 Å². The first-order chi connectivity index (χ1) is 9.10. The summed E-state index contributed by atoms with van der Waals surface area (Å²) in [6, 6.07) is 11.6. The van der Waals surface area contributed by atoms with Gasteiger partial charge in [0, 0.05) is 11.8 Å². The van der Waals surface area contributed by atoms with Crippen LogP contribution in [0.1, 0.15) is 36.6 Å². The lowest BCUT2D eigenvalue weighted by atomic mass is 10.0. The van der Waals surface area contributed by atoms with Crippen LogP contribution in [-0.4, -0.2) is 10.1 Å². The van der Waals surface area contributed by atoms with E-state index in [1.165, 1.54) is 0 Å². The summed E-state index contributed by atoms with van der Waals surface area (Å²) in [7, 11) is 0. The zero-order valence-electron chi connectivity index (χ0n) is 11.6. The van der Waals surface area contributed by atoms with Gasteiger partial charge in [0.2, 0.25) is 5.88 Å². The molecule has 0 bridgehead atoms. The number of hydrogen-bond acceptors (Lipinski definition) is 3. The van der Waals surface area contributed by atoms with Crippen molar-refractivity contribution in [3.8, 4) is 11.6 Å². The van der Waals surface area contributed by atoms with E-state index in [-0.39, 0.29) is 6.61 Å². The summed E-state index contributed by atoms with van der Waals surface area (Å²) in [5.41, 5.74) is 2.80. The number of aliphatic hydroxyl groups excluding tert-OH is 1. The van der Waals surface area contributed by atoms with Crippen LogP contribution in [0.2, 0.25) is 0 Å². The molecule has 0 spiro atoms. The van der Waals surface area contributed by atoms with E-state index in [2.05, 4.69) is 24.9 Å². The fourth-order valence-corrected chi connectivity index (χ4v) is 2.01. The molecule has 0 amide bonds. The number of nitrogens with zero attached hydrogens (tertiary/aromatic N) is 1. The second-order valence-corrected chi connectivity index (χ2v) is 4.91. The SMILES string of the molecule is Cc1cc(CO)cc(Oc2ccccc2C(C)C)n1. The van der Waals surface area contributed by atoms with Crippen LogP contribution in [0, 0.1) is 6.92 Å². The average molecular weight is 257 g/mol. The second-order valence-electron chi connectivity index (χ2n) is 4.91. The first-order valence-corrected chi connectivity index (χ1v) is 6.45. The van der Waals surface area contributed by atoms with Crippen molar-refractivity contribution in [1.82, 2.24) is 4.98 Å². The number of hydrogen-bond donors (Lipinski definition) is 1. The minimum atomic E-state index is -0.00839. The molecule has 0 unspecified atom stereocenters. The summed E-state index contributed by atoms with van der Waals surface area (Å²) in [5, 5.41) is 9.21. The lowest BCUT2D eigenvalue weighted by Crippen LogP contribution is -1.97. The van der Waals surface area contributed by atoms with E-state index in [0.29, 0.717) is 11.8 Å². The highest BCUT2D eigenvalue weighted by Gasteiger charge is 2.09. The quantitative estimate of drug-likeness (QED) is 0.906. The van der Waals surface area contributed by atoms with Gasteiger partial charge < -0.3 is 9.84 Å². The van der Waals surface area contributed by atoms with Gasteiger partial charge in [-0.2, -0.15) is 0 Å². The van der Waals surface area contributed by atoms with E-state index < -0.39 is 0 Å². The maximum Gasteiger partial charge on any atom is 0.219 e. The minimum Gasteiger partial charge on any atom is -0.439 e. The highest BCUT2D eigenvalue weighted by molar-refractivity contribution is 5.38. The molecule has 0 radical (unpaired) electrons.